The summed E-state index contributed by atoms with van der Waals surface area (Å²) in [7, 11) is 0. The van der Waals surface area contributed by atoms with E-state index < -0.39 is 23.8 Å². The molecule has 0 fully saturated rings. The van der Waals surface area contributed by atoms with Crippen LogP contribution < -0.4 is 5.32 Å². The number of rotatable bonds is 3. The second kappa shape index (κ2) is 8.25. The molecule has 1 amide bonds. The second-order valence-electron chi connectivity index (χ2n) is 7.11. The Hall–Kier alpha value is -2.86. The number of halogens is 1. The summed E-state index contributed by atoms with van der Waals surface area (Å²) >= 11 is 6.01. The number of fused-ring (bicyclic) bond motifs is 1. The number of guanidine groups is 1. The Kier molecular flexibility index (Phi) is 5.53. The van der Waals surface area contributed by atoms with Gasteiger partial charge in [0.1, 0.15) is 6.04 Å². The van der Waals surface area contributed by atoms with Crippen molar-refractivity contribution in [2.75, 3.05) is 13.2 Å². The molecule has 2 heterocycles. The molecule has 2 aliphatic heterocycles. The van der Waals surface area contributed by atoms with Gasteiger partial charge in [-0.3, -0.25) is 14.9 Å². The van der Waals surface area contributed by atoms with Gasteiger partial charge in [-0.2, -0.15) is 0 Å². The van der Waals surface area contributed by atoms with E-state index in [1.165, 1.54) is 11.1 Å². The van der Waals surface area contributed by atoms with Crippen LogP contribution in [-0.4, -0.2) is 35.9 Å². The zero-order valence-corrected chi connectivity index (χ0v) is 16.9. The molecule has 1 N–H and O–H groups in total. The van der Waals surface area contributed by atoms with E-state index in [1.807, 2.05) is 17.0 Å². The zero-order chi connectivity index (χ0) is 20.4. The van der Waals surface area contributed by atoms with Crippen molar-refractivity contribution in [1.82, 2.24) is 10.2 Å². The number of amides is 1. The zero-order valence-electron chi connectivity index (χ0n) is 16.1. The first-order valence-corrected chi connectivity index (χ1v) is 10.1. The number of ether oxygens (including phenoxy) is 1. The van der Waals surface area contributed by atoms with E-state index >= 15 is 0 Å². The van der Waals surface area contributed by atoms with Gasteiger partial charge in [0.25, 0.3) is 0 Å². The molecular weight excluding hydrogens is 390 g/mol. The standard InChI is InChI=1S/C22H22ClN3O3/c1-2-29-21(28)18-19(15-7-9-17(23)10-8-15)24-22(25-20(18)27)26-12-11-14-5-3-4-6-16(14)13-26/h3-10,18-19H,2,11-13H2,1H3,(H,24,25,27). The van der Waals surface area contributed by atoms with Crippen molar-refractivity contribution < 1.29 is 14.3 Å². The number of carbonyl (C=O) groups excluding carboxylic acids is 2. The fourth-order valence-corrected chi connectivity index (χ4v) is 3.93. The molecule has 4 rings (SSSR count). The third-order valence-corrected chi connectivity index (χ3v) is 5.53. The Morgan fingerprint density at radius 2 is 1.93 bits per heavy atom. The summed E-state index contributed by atoms with van der Waals surface area (Å²) in [6.07, 6.45) is 0.873. The molecule has 0 radical (unpaired) electrons. The molecule has 2 atom stereocenters. The number of hydrogen-bond acceptors (Lipinski definition) is 5. The molecule has 0 saturated heterocycles. The average Bonchev–Trinajstić information content (AvgIpc) is 2.73. The number of esters is 1. The molecule has 0 saturated carbocycles. The monoisotopic (exact) mass is 411 g/mol. The Morgan fingerprint density at radius 3 is 2.66 bits per heavy atom. The van der Waals surface area contributed by atoms with Crippen LogP contribution in [0.4, 0.5) is 0 Å². The predicted molar refractivity (Wildman–Crippen MR) is 110 cm³/mol. The van der Waals surface area contributed by atoms with E-state index in [0.29, 0.717) is 17.5 Å². The first-order valence-electron chi connectivity index (χ1n) is 9.69. The van der Waals surface area contributed by atoms with Gasteiger partial charge in [-0.15, -0.1) is 0 Å². The summed E-state index contributed by atoms with van der Waals surface area (Å²) in [5.41, 5.74) is 3.27. The first-order chi connectivity index (χ1) is 14.1. The Labute approximate surface area is 174 Å². The normalized spacial score (nSPS) is 21.1. The highest BCUT2D eigenvalue weighted by Crippen LogP contribution is 2.32. The number of nitrogens with one attached hydrogen (secondary N) is 1. The van der Waals surface area contributed by atoms with Crippen molar-refractivity contribution in [1.29, 1.82) is 0 Å². The first kappa shape index (κ1) is 19.5. The van der Waals surface area contributed by atoms with Crippen LogP contribution in [-0.2, 0) is 27.3 Å². The molecule has 2 aromatic rings. The molecule has 7 heteroatoms. The molecule has 0 aliphatic carbocycles. The third-order valence-electron chi connectivity index (χ3n) is 5.28. The predicted octanol–water partition coefficient (Wildman–Crippen LogP) is 3.10. The van der Waals surface area contributed by atoms with Crippen molar-refractivity contribution in [2.24, 2.45) is 10.9 Å². The smallest absolute Gasteiger partial charge is 0.321 e. The SMILES string of the molecule is CCOC(=O)C1C(=O)NC(N2CCc3ccccc3C2)=NC1c1ccc(Cl)cc1. The number of nitrogens with zero attached hydrogens (tertiary/aromatic N) is 2. The fourth-order valence-electron chi connectivity index (χ4n) is 3.80. The highest BCUT2D eigenvalue weighted by atomic mass is 35.5. The van der Waals surface area contributed by atoms with Crippen LogP contribution in [0.3, 0.4) is 0 Å². The largest absolute Gasteiger partial charge is 0.465 e. The number of hydrogen-bond donors (Lipinski definition) is 1. The van der Waals surface area contributed by atoms with Crippen molar-refractivity contribution in [3.8, 4) is 0 Å². The van der Waals surface area contributed by atoms with E-state index in [1.54, 1.807) is 31.2 Å². The lowest BCUT2D eigenvalue weighted by molar-refractivity contribution is -0.153. The number of aliphatic imine (C=N–C) groups is 1. The maximum absolute atomic E-state index is 12.9. The molecule has 2 aromatic carbocycles. The quantitative estimate of drug-likeness (QED) is 0.622. The molecule has 29 heavy (non-hydrogen) atoms. The minimum Gasteiger partial charge on any atom is -0.465 e. The molecule has 6 nitrogen and oxygen atoms in total. The second-order valence-corrected chi connectivity index (χ2v) is 7.54. The van der Waals surface area contributed by atoms with Gasteiger partial charge in [0.2, 0.25) is 11.9 Å². The average molecular weight is 412 g/mol. The van der Waals surface area contributed by atoms with Gasteiger partial charge in [0.05, 0.1) is 6.61 Å². The van der Waals surface area contributed by atoms with Crippen LogP contribution in [0.15, 0.2) is 53.5 Å². The number of benzene rings is 2. The topological polar surface area (TPSA) is 71.0 Å². The van der Waals surface area contributed by atoms with Crippen molar-refractivity contribution in [3.05, 3.63) is 70.2 Å². The van der Waals surface area contributed by atoms with Crippen LogP contribution >= 0.6 is 11.6 Å². The molecule has 0 bridgehead atoms. The van der Waals surface area contributed by atoms with Crippen LogP contribution in [0.1, 0.15) is 29.7 Å². The van der Waals surface area contributed by atoms with Crippen molar-refractivity contribution >= 4 is 29.4 Å². The van der Waals surface area contributed by atoms with Gasteiger partial charge in [0, 0.05) is 18.1 Å². The molecule has 2 aliphatic rings. The molecule has 0 spiro atoms. The van der Waals surface area contributed by atoms with E-state index in [9.17, 15) is 9.59 Å². The Morgan fingerprint density at radius 1 is 1.21 bits per heavy atom. The molecule has 0 aromatic heterocycles. The van der Waals surface area contributed by atoms with Crippen LogP contribution in [0.5, 0.6) is 0 Å². The van der Waals surface area contributed by atoms with Gasteiger partial charge in [0.15, 0.2) is 5.92 Å². The van der Waals surface area contributed by atoms with Gasteiger partial charge in [-0.1, -0.05) is 48.0 Å². The van der Waals surface area contributed by atoms with Crippen LogP contribution in [0.25, 0.3) is 0 Å². The fraction of sp³-hybridized carbons (Fsp3) is 0.318. The lowest BCUT2D eigenvalue weighted by atomic mass is 9.91. The lowest BCUT2D eigenvalue weighted by Crippen LogP contribution is -2.53. The van der Waals surface area contributed by atoms with Crippen LogP contribution in [0, 0.1) is 5.92 Å². The minimum absolute atomic E-state index is 0.204. The van der Waals surface area contributed by atoms with Crippen LogP contribution in [0.2, 0.25) is 5.02 Å². The maximum atomic E-state index is 12.9. The summed E-state index contributed by atoms with van der Waals surface area (Å²) in [6.45, 7) is 3.32. The molecule has 150 valence electrons. The third kappa shape index (κ3) is 3.98. The Bertz CT molecular complexity index is 958. The van der Waals surface area contributed by atoms with E-state index in [2.05, 4.69) is 17.4 Å². The van der Waals surface area contributed by atoms with E-state index in [0.717, 1.165) is 18.5 Å². The van der Waals surface area contributed by atoms with E-state index in [-0.39, 0.29) is 6.61 Å². The van der Waals surface area contributed by atoms with Crippen molar-refractivity contribution in [3.63, 3.8) is 0 Å². The molecular formula is C22H22ClN3O3. The van der Waals surface area contributed by atoms with Gasteiger partial charge < -0.3 is 9.64 Å². The number of carbonyl (C=O) groups is 2. The van der Waals surface area contributed by atoms with Gasteiger partial charge in [-0.05, 0) is 42.2 Å². The van der Waals surface area contributed by atoms with Gasteiger partial charge >= 0.3 is 5.97 Å². The highest BCUT2D eigenvalue weighted by molar-refractivity contribution is 6.30. The van der Waals surface area contributed by atoms with Crippen molar-refractivity contribution in [2.45, 2.75) is 25.9 Å². The highest BCUT2D eigenvalue weighted by Gasteiger charge is 2.42. The maximum Gasteiger partial charge on any atom is 0.321 e. The van der Waals surface area contributed by atoms with E-state index in [4.69, 9.17) is 21.3 Å². The summed E-state index contributed by atoms with van der Waals surface area (Å²) in [5, 5.41) is 3.41. The molecule has 2 unspecified atom stereocenters. The summed E-state index contributed by atoms with van der Waals surface area (Å²) in [6, 6.07) is 14.7. The summed E-state index contributed by atoms with van der Waals surface area (Å²) in [5.74, 6) is -1.51. The Balaban J connectivity index is 1.68. The van der Waals surface area contributed by atoms with Gasteiger partial charge in [-0.25, -0.2) is 4.99 Å². The lowest BCUT2D eigenvalue weighted by Gasteiger charge is -2.36. The summed E-state index contributed by atoms with van der Waals surface area (Å²) < 4.78 is 5.15. The minimum atomic E-state index is -1.03. The summed E-state index contributed by atoms with van der Waals surface area (Å²) in [4.78, 5) is 32.3.